The molecular formula is C22H13F3N2O9S2. The van der Waals surface area contributed by atoms with Gasteiger partial charge in [0.05, 0.1) is 16.2 Å². The second-order valence-electron chi connectivity index (χ2n) is 7.46. The number of rotatable bonds is 7. The van der Waals surface area contributed by atoms with Gasteiger partial charge in [0.2, 0.25) is 0 Å². The number of non-ortho nitro benzene ring substituents is 1. The zero-order valence-electron chi connectivity index (χ0n) is 18.5. The van der Waals surface area contributed by atoms with Gasteiger partial charge in [0.1, 0.15) is 10.6 Å². The number of anilines is 2. The maximum Gasteiger partial charge on any atom is 0.416 e. The Bertz CT molecular complexity index is 1740. The van der Waals surface area contributed by atoms with Crippen molar-refractivity contribution in [1.29, 1.82) is 0 Å². The first-order valence-electron chi connectivity index (χ1n) is 10.1. The van der Waals surface area contributed by atoms with Crippen LogP contribution in [0.4, 0.5) is 30.2 Å². The fourth-order valence-corrected chi connectivity index (χ4v) is 4.86. The molecule has 0 spiro atoms. The summed E-state index contributed by atoms with van der Waals surface area (Å²) >= 11 is -2.89. The van der Waals surface area contributed by atoms with Gasteiger partial charge in [-0.05, 0) is 42.5 Å². The van der Waals surface area contributed by atoms with Crippen LogP contribution in [0.1, 0.15) is 5.56 Å². The van der Waals surface area contributed by atoms with E-state index in [1.165, 1.54) is 24.3 Å². The molecule has 11 nitrogen and oxygen atoms in total. The monoisotopic (exact) mass is 570 g/mol. The van der Waals surface area contributed by atoms with Crippen LogP contribution in [0, 0.1) is 10.1 Å². The van der Waals surface area contributed by atoms with E-state index in [1.807, 2.05) is 0 Å². The Hall–Kier alpha value is -4.28. The highest BCUT2D eigenvalue weighted by atomic mass is 32.2. The molecule has 198 valence electrons. The van der Waals surface area contributed by atoms with Gasteiger partial charge in [-0.3, -0.25) is 14.7 Å². The summed E-state index contributed by atoms with van der Waals surface area (Å²) in [7, 11) is -4.67. The molecule has 1 atom stereocenters. The number of fused-ring (bicyclic) bond motifs is 1. The van der Waals surface area contributed by atoms with E-state index >= 15 is 0 Å². The summed E-state index contributed by atoms with van der Waals surface area (Å²) in [4.78, 5) is 22.5. The van der Waals surface area contributed by atoms with Crippen LogP contribution in [-0.2, 0) is 27.6 Å². The average Bonchev–Trinajstić information content (AvgIpc) is 2.84. The Kier molecular flexibility index (Phi) is 6.96. The molecule has 0 fully saturated rings. The fourth-order valence-electron chi connectivity index (χ4n) is 3.34. The van der Waals surface area contributed by atoms with Crippen molar-refractivity contribution in [3.63, 3.8) is 0 Å². The zero-order valence-corrected chi connectivity index (χ0v) is 20.1. The minimum Gasteiger partial charge on any atom is -0.417 e. The zero-order chi connectivity index (χ0) is 27.8. The summed E-state index contributed by atoms with van der Waals surface area (Å²) in [5.41, 5.74) is -3.82. The van der Waals surface area contributed by atoms with E-state index in [0.717, 1.165) is 24.3 Å². The summed E-state index contributed by atoms with van der Waals surface area (Å²) < 4.78 is 96.4. The standard InChI is InChI=1S/C22H13F3N2O9S2/c23-22(24,25)14-7-9-17(10-8-14)38(33,34)36-19-6-1-3-13-11-18(21(28)35-20(13)19)26(37(31)32)15-4-2-5-16(12-15)27(29)30/h1-12H,(H,31,32). The van der Waals surface area contributed by atoms with Crippen molar-refractivity contribution in [3.05, 3.63) is 98.9 Å². The molecule has 0 saturated heterocycles. The van der Waals surface area contributed by atoms with Gasteiger partial charge in [-0.15, -0.1) is 0 Å². The summed E-state index contributed by atoms with van der Waals surface area (Å²) in [5.74, 6) is -0.488. The van der Waals surface area contributed by atoms with Gasteiger partial charge >= 0.3 is 21.9 Å². The van der Waals surface area contributed by atoms with E-state index in [0.29, 0.717) is 28.6 Å². The van der Waals surface area contributed by atoms with Gasteiger partial charge in [-0.2, -0.15) is 21.6 Å². The van der Waals surface area contributed by atoms with Gasteiger partial charge in [0, 0.05) is 17.5 Å². The van der Waals surface area contributed by atoms with Gasteiger partial charge in [0.25, 0.3) is 17.0 Å². The van der Waals surface area contributed by atoms with Crippen LogP contribution in [0.25, 0.3) is 11.0 Å². The molecule has 16 heteroatoms. The average molecular weight is 570 g/mol. The van der Waals surface area contributed by atoms with E-state index < -0.39 is 65.7 Å². The summed E-state index contributed by atoms with van der Waals surface area (Å²) in [6.45, 7) is 0. The van der Waals surface area contributed by atoms with Crippen LogP contribution in [-0.4, -0.2) is 22.1 Å². The van der Waals surface area contributed by atoms with Crippen molar-refractivity contribution in [2.45, 2.75) is 11.1 Å². The summed E-state index contributed by atoms with van der Waals surface area (Å²) in [5, 5.41) is 11.1. The Balaban J connectivity index is 1.76. The lowest BCUT2D eigenvalue weighted by molar-refractivity contribution is -0.384. The van der Waals surface area contributed by atoms with Crippen LogP contribution in [0.5, 0.6) is 5.75 Å². The molecular weight excluding hydrogens is 557 g/mol. The fraction of sp³-hybridized carbons (Fsp3) is 0.0455. The smallest absolute Gasteiger partial charge is 0.416 e. The van der Waals surface area contributed by atoms with Crippen molar-refractivity contribution in [3.8, 4) is 5.75 Å². The quantitative estimate of drug-likeness (QED) is 0.109. The lowest BCUT2D eigenvalue weighted by atomic mass is 10.2. The molecule has 0 aliphatic heterocycles. The molecule has 4 aromatic rings. The largest absolute Gasteiger partial charge is 0.417 e. The number of alkyl halides is 3. The lowest BCUT2D eigenvalue weighted by Crippen LogP contribution is -2.24. The number of para-hydroxylation sites is 1. The first-order chi connectivity index (χ1) is 17.8. The van der Waals surface area contributed by atoms with Gasteiger partial charge in [-0.25, -0.2) is 13.3 Å². The molecule has 0 aliphatic rings. The number of benzene rings is 3. The van der Waals surface area contributed by atoms with E-state index in [-0.39, 0.29) is 16.7 Å². The molecule has 0 aliphatic carbocycles. The van der Waals surface area contributed by atoms with Crippen LogP contribution in [0.2, 0.25) is 0 Å². The SMILES string of the molecule is O=c1oc2c(OS(=O)(=O)c3ccc(C(F)(F)F)cc3)cccc2cc1N(c1cccc([N+](=O)[O-])c1)S(=O)O. The van der Waals surface area contributed by atoms with Crippen LogP contribution < -0.4 is 14.1 Å². The van der Waals surface area contributed by atoms with E-state index in [4.69, 9.17) is 8.60 Å². The molecule has 0 saturated carbocycles. The van der Waals surface area contributed by atoms with Crippen molar-refractivity contribution in [2.24, 2.45) is 0 Å². The number of nitro groups is 1. The topological polar surface area (TPSA) is 157 Å². The molecule has 1 aromatic heterocycles. The van der Waals surface area contributed by atoms with E-state index in [9.17, 15) is 45.3 Å². The molecule has 0 radical (unpaired) electrons. The maximum atomic E-state index is 12.8. The number of nitro benzene ring substituents is 1. The third kappa shape index (κ3) is 5.36. The van der Waals surface area contributed by atoms with Gasteiger partial charge in [0.15, 0.2) is 11.3 Å². The Morgan fingerprint density at radius 2 is 1.68 bits per heavy atom. The molecule has 38 heavy (non-hydrogen) atoms. The number of hydrogen-bond acceptors (Lipinski definition) is 8. The van der Waals surface area contributed by atoms with Crippen molar-refractivity contribution >= 4 is 49.4 Å². The predicted octanol–water partition coefficient (Wildman–Crippen LogP) is 4.76. The first-order valence-corrected chi connectivity index (χ1v) is 12.6. The predicted molar refractivity (Wildman–Crippen MR) is 128 cm³/mol. The molecule has 3 aromatic carbocycles. The van der Waals surface area contributed by atoms with Crippen molar-refractivity contribution in [2.75, 3.05) is 4.31 Å². The minimum absolute atomic E-state index is 0.0283. The van der Waals surface area contributed by atoms with Gasteiger partial charge < -0.3 is 8.60 Å². The highest BCUT2D eigenvalue weighted by molar-refractivity contribution is 7.87. The van der Waals surface area contributed by atoms with Crippen LogP contribution in [0.3, 0.4) is 0 Å². The van der Waals surface area contributed by atoms with E-state index in [1.54, 1.807) is 0 Å². The molecule has 0 amide bonds. The number of halogens is 3. The molecule has 1 heterocycles. The second kappa shape index (κ2) is 9.88. The molecule has 1 unspecified atom stereocenters. The minimum atomic E-state index is -4.68. The molecule has 1 N–H and O–H groups in total. The highest BCUT2D eigenvalue weighted by Crippen LogP contribution is 2.34. The lowest BCUT2D eigenvalue weighted by Gasteiger charge is -2.19. The van der Waals surface area contributed by atoms with Gasteiger partial charge in [-0.1, -0.05) is 18.2 Å². The van der Waals surface area contributed by atoms with Crippen LogP contribution >= 0.6 is 0 Å². The first kappa shape index (κ1) is 26.8. The summed E-state index contributed by atoms with van der Waals surface area (Å²) in [6.07, 6.45) is -4.68. The third-order valence-corrected chi connectivity index (χ3v) is 6.99. The second-order valence-corrected chi connectivity index (χ2v) is 9.83. The summed E-state index contributed by atoms with van der Waals surface area (Å²) in [6, 6.07) is 11.9. The normalized spacial score (nSPS) is 12.7. The Morgan fingerprint density at radius 3 is 2.29 bits per heavy atom. The van der Waals surface area contributed by atoms with Crippen molar-refractivity contribution < 1.29 is 43.9 Å². The molecule has 0 bridgehead atoms. The van der Waals surface area contributed by atoms with Crippen molar-refractivity contribution in [1.82, 2.24) is 0 Å². The Morgan fingerprint density at radius 1 is 1.03 bits per heavy atom. The van der Waals surface area contributed by atoms with E-state index in [2.05, 4.69) is 0 Å². The highest BCUT2D eigenvalue weighted by Gasteiger charge is 2.31. The van der Waals surface area contributed by atoms with Crippen LogP contribution in [0.15, 0.2) is 86.9 Å². The third-order valence-electron chi connectivity index (χ3n) is 5.03. The molecule has 4 rings (SSSR count). The Labute approximate surface area is 213 Å². The number of hydrogen-bond donors (Lipinski definition) is 1. The number of nitrogens with zero attached hydrogens (tertiary/aromatic N) is 2. The maximum absolute atomic E-state index is 12.8.